The monoisotopic (exact) mass is 252 g/mol. The van der Waals surface area contributed by atoms with E-state index in [0.29, 0.717) is 6.10 Å². The van der Waals surface area contributed by atoms with Crippen molar-refractivity contribution in [2.75, 3.05) is 7.11 Å². The fraction of sp³-hybridized carbons (Fsp3) is 1.00. The summed E-state index contributed by atoms with van der Waals surface area (Å²) < 4.78 is 5.40. The van der Waals surface area contributed by atoms with E-state index in [0.717, 1.165) is 23.2 Å². The van der Waals surface area contributed by atoms with Crippen LogP contribution in [0.1, 0.15) is 72.1 Å². The fourth-order valence-corrected chi connectivity index (χ4v) is 4.62. The van der Waals surface area contributed by atoms with Crippen molar-refractivity contribution in [3.8, 4) is 0 Å². The van der Waals surface area contributed by atoms with Gasteiger partial charge in [0, 0.05) is 7.11 Å². The summed E-state index contributed by atoms with van der Waals surface area (Å²) in [6, 6.07) is 0. The third-order valence-corrected chi connectivity index (χ3v) is 5.93. The third kappa shape index (κ3) is 3.10. The number of hydrogen-bond donors (Lipinski definition) is 0. The van der Waals surface area contributed by atoms with Crippen molar-refractivity contribution in [1.82, 2.24) is 0 Å². The van der Waals surface area contributed by atoms with Crippen molar-refractivity contribution in [2.45, 2.75) is 78.2 Å². The molecule has 0 saturated heterocycles. The lowest BCUT2D eigenvalue weighted by molar-refractivity contribution is 0.0973. The van der Waals surface area contributed by atoms with Crippen LogP contribution >= 0.6 is 0 Å². The van der Waals surface area contributed by atoms with Crippen LogP contribution in [0.2, 0.25) is 0 Å². The molecule has 2 fully saturated rings. The van der Waals surface area contributed by atoms with Gasteiger partial charge >= 0.3 is 0 Å². The van der Waals surface area contributed by atoms with Crippen LogP contribution in [0.4, 0.5) is 0 Å². The van der Waals surface area contributed by atoms with Crippen molar-refractivity contribution in [1.29, 1.82) is 0 Å². The molecule has 2 aliphatic rings. The molecule has 2 rings (SSSR count). The van der Waals surface area contributed by atoms with Crippen LogP contribution in [0.15, 0.2) is 0 Å². The summed E-state index contributed by atoms with van der Waals surface area (Å²) in [4.78, 5) is 0. The van der Waals surface area contributed by atoms with Crippen molar-refractivity contribution < 1.29 is 4.74 Å². The Morgan fingerprint density at radius 1 is 1.28 bits per heavy atom. The average Bonchev–Trinajstić information content (AvgIpc) is 2.92. The highest BCUT2D eigenvalue weighted by Crippen LogP contribution is 2.60. The van der Waals surface area contributed by atoms with Gasteiger partial charge in [-0.2, -0.15) is 0 Å². The maximum absolute atomic E-state index is 5.40. The number of methoxy groups -OCH3 is 1. The van der Waals surface area contributed by atoms with Gasteiger partial charge in [-0.15, -0.1) is 0 Å². The molecule has 4 unspecified atom stereocenters. The molecule has 0 heterocycles. The molecule has 0 aromatic heterocycles. The molecule has 0 aromatic rings. The van der Waals surface area contributed by atoms with Crippen LogP contribution < -0.4 is 0 Å². The zero-order chi connectivity index (χ0) is 13.2. The molecule has 2 bridgehead atoms. The number of rotatable bonds is 7. The lowest BCUT2D eigenvalue weighted by Crippen LogP contribution is -2.21. The molecule has 1 nitrogen and oxygen atoms in total. The standard InChI is InChI=1S/C17H32O/c1-5-13(2)10-17-9-8-16(12-17)15(11-17)7-6-14(3)18-4/h13-16H,5-12H2,1-4H3/t13?,14-,15?,16?,17?/m0/s1. The second kappa shape index (κ2) is 5.94. The predicted molar refractivity (Wildman–Crippen MR) is 77.7 cm³/mol. The molecule has 5 atom stereocenters. The van der Waals surface area contributed by atoms with E-state index in [-0.39, 0.29) is 0 Å². The van der Waals surface area contributed by atoms with Crippen molar-refractivity contribution in [3.05, 3.63) is 0 Å². The van der Waals surface area contributed by atoms with Gasteiger partial charge in [0.15, 0.2) is 0 Å². The molecule has 0 radical (unpaired) electrons. The van der Waals surface area contributed by atoms with Gasteiger partial charge in [0.05, 0.1) is 6.10 Å². The summed E-state index contributed by atoms with van der Waals surface area (Å²) in [5.41, 5.74) is 0.751. The van der Waals surface area contributed by atoms with Crippen molar-refractivity contribution in [2.24, 2.45) is 23.2 Å². The van der Waals surface area contributed by atoms with Gasteiger partial charge in [-0.05, 0) is 75.0 Å². The first-order valence-corrected chi connectivity index (χ1v) is 8.11. The normalized spacial score (nSPS) is 38.0. The number of fused-ring (bicyclic) bond motifs is 2. The third-order valence-electron chi connectivity index (χ3n) is 5.93. The SMILES string of the molecule is CCC(C)CC12CCC(C1)C(CC[C@H](C)OC)C2. The van der Waals surface area contributed by atoms with Crippen LogP contribution in [-0.2, 0) is 4.74 Å². The Kier molecular flexibility index (Phi) is 4.75. The minimum Gasteiger partial charge on any atom is -0.382 e. The minimum absolute atomic E-state index is 0.453. The molecular weight excluding hydrogens is 220 g/mol. The molecule has 0 aromatic carbocycles. The Morgan fingerprint density at radius 2 is 2.06 bits per heavy atom. The molecule has 1 heteroatoms. The molecule has 106 valence electrons. The molecule has 0 amide bonds. The van der Waals surface area contributed by atoms with Gasteiger partial charge in [0.25, 0.3) is 0 Å². The van der Waals surface area contributed by atoms with E-state index in [1.54, 1.807) is 6.42 Å². The van der Waals surface area contributed by atoms with Crippen LogP contribution in [0.3, 0.4) is 0 Å². The second-order valence-corrected chi connectivity index (χ2v) is 7.31. The highest BCUT2D eigenvalue weighted by Gasteiger charge is 2.49. The minimum atomic E-state index is 0.453. The number of hydrogen-bond acceptors (Lipinski definition) is 1. The van der Waals surface area contributed by atoms with E-state index in [1.807, 2.05) is 7.11 Å². The lowest BCUT2D eigenvalue weighted by Gasteiger charge is -2.32. The average molecular weight is 252 g/mol. The Balaban J connectivity index is 1.84. The van der Waals surface area contributed by atoms with Gasteiger partial charge < -0.3 is 4.74 Å². The summed E-state index contributed by atoms with van der Waals surface area (Å²) in [5.74, 6) is 3.00. The molecule has 18 heavy (non-hydrogen) atoms. The molecule has 2 saturated carbocycles. The van der Waals surface area contributed by atoms with E-state index < -0.39 is 0 Å². The van der Waals surface area contributed by atoms with Gasteiger partial charge in [0.1, 0.15) is 0 Å². The van der Waals surface area contributed by atoms with Crippen LogP contribution in [0.25, 0.3) is 0 Å². The smallest absolute Gasteiger partial charge is 0.0543 e. The van der Waals surface area contributed by atoms with Gasteiger partial charge in [-0.3, -0.25) is 0 Å². The summed E-state index contributed by atoms with van der Waals surface area (Å²) >= 11 is 0. The Morgan fingerprint density at radius 3 is 2.72 bits per heavy atom. The first-order chi connectivity index (χ1) is 8.58. The highest BCUT2D eigenvalue weighted by molar-refractivity contribution is 5.00. The van der Waals surface area contributed by atoms with Crippen molar-refractivity contribution >= 4 is 0 Å². The zero-order valence-corrected chi connectivity index (χ0v) is 12.9. The zero-order valence-electron chi connectivity index (χ0n) is 12.9. The Bertz CT molecular complexity index is 262. The van der Waals surface area contributed by atoms with Gasteiger partial charge in [-0.25, -0.2) is 0 Å². The fourth-order valence-electron chi connectivity index (χ4n) is 4.62. The predicted octanol–water partition coefficient (Wildman–Crippen LogP) is 5.04. The van der Waals surface area contributed by atoms with E-state index >= 15 is 0 Å². The lowest BCUT2D eigenvalue weighted by atomic mass is 9.73. The first kappa shape index (κ1) is 14.4. The second-order valence-electron chi connectivity index (χ2n) is 7.31. The first-order valence-electron chi connectivity index (χ1n) is 8.11. The molecule has 0 aliphatic heterocycles. The quantitative estimate of drug-likeness (QED) is 0.616. The molecule has 0 N–H and O–H groups in total. The van der Waals surface area contributed by atoms with Crippen molar-refractivity contribution in [3.63, 3.8) is 0 Å². The Labute approximate surface area is 114 Å². The Hall–Kier alpha value is -0.0400. The van der Waals surface area contributed by atoms with Crippen LogP contribution in [0, 0.1) is 23.2 Å². The van der Waals surface area contributed by atoms with E-state index in [2.05, 4.69) is 20.8 Å². The summed E-state index contributed by atoms with van der Waals surface area (Å²) in [6.07, 6.45) is 12.1. The van der Waals surface area contributed by atoms with Crippen LogP contribution in [-0.4, -0.2) is 13.2 Å². The molecular formula is C17H32O. The maximum Gasteiger partial charge on any atom is 0.0543 e. The molecule has 0 spiro atoms. The van der Waals surface area contributed by atoms with E-state index in [4.69, 9.17) is 4.74 Å². The highest BCUT2D eigenvalue weighted by atomic mass is 16.5. The van der Waals surface area contributed by atoms with E-state index in [9.17, 15) is 0 Å². The summed E-state index contributed by atoms with van der Waals surface area (Å²) in [5, 5.41) is 0. The topological polar surface area (TPSA) is 9.23 Å². The largest absolute Gasteiger partial charge is 0.382 e. The summed E-state index contributed by atoms with van der Waals surface area (Å²) in [7, 11) is 1.84. The molecule has 2 aliphatic carbocycles. The maximum atomic E-state index is 5.40. The number of ether oxygens (including phenoxy) is 1. The van der Waals surface area contributed by atoms with E-state index in [1.165, 1.54) is 44.9 Å². The van der Waals surface area contributed by atoms with Crippen LogP contribution in [0.5, 0.6) is 0 Å². The van der Waals surface area contributed by atoms with Gasteiger partial charge in [0.2, 0.25) is 0 Å². The van der Waals surface area contributed by atoms with Gasteiger partial charge in [-0.1, -0.05) is 20.3 Å². The summed E-state index contributed by atoms with van der Waals surface area (Å²) in [6.45, 7) is 7.00.